The van der Waals surface area contributed by atoms with E-state index in [2.05, 4.69) is 0 Å². The molecule has 0 spiro atoms. The summed E-state index contributed by atoms with van der Waals surface area (Å²) in [4.78, 5) is 37.1. The molecule has 7 heteroatoms. The van der Waals surface area contributed by atoms with Gasteiger partial charge < -0.3 is 9.67 Å². The van der Waals surface area contributed by atoms with Crippen LogP contribution >= 0.6 is 23.2 Å². The summed E-state index contributed by atoms with van der Waals surface area (Å²) < 4.78 is 1.78. The fraction of sp³-hybridized carbons (Fsp3) is 0.174. The van der Waals surface area contributed by atoms with Crippen molar-refractivity contribution in [3.05, 3.63) is 79.6 Å². The minimum Gasteiger partial charge on any atom is -0.477 e. The molecular weight excluding hydrogens is 425 g/mol. The second kappa shape index (κ2) is 8.46. The lowest BCUT2D eigenvalue weighted by atomic mass is 9.95. The minimum atomic E-state index is -1.33. The van der Waals surface area contributed by atoms with E-state index >= 15 is 0 Å². The highest BCUT2D eigenvalue weighted by atomic mass is 35.5. The molecule has 0 aliphatic rings. The molecule has 3 rings (SSSR count). The largest absolute Gasteiger partial charge is 0.477 e. The number of aromatic nitrogens is 1. The number of aromatic carboxylic acids is 1. The molecule has 0 radical (unpaired) electrons. The molecule has 5 nitrogen and oxygen atoms in total. The first-order valence-corrected chi connectivity index (χ1v) is 10.00. The smallest absolute Gasteiger partial charge is 0.341 e. The number of pyridine rings is 1. The van der Waals surface area contributed by atoms with Crippen LogP contribution < -0.4 is 5.43 Å². The summed E-state index contributed by atoms with van der Waals surface area (Å²) in [6.07, 6.45) is 0. The number of halogens is 2. The summed E-state index contributed by atoms with van der Waals surface area (Å²) in [5.41, 5.74) is 1.79. The molecular formula is C23H19Cl2NO4. The van der Waals surface area contributed by atoms with Gasteiger partial charge in [0.05, 0.1) is 15.7 Å². The average Bonchev–Trinajstić information content (AvgIpc) is 2.69. The van der Waals surface area contributed by atoms with E-state index in [1.165, 1.54) is 6.92 Å². The average molecular weight is 444 g/mol. The van der Waals surface area contributed by atoms with Gasteiger partial charge in [0, 0.05) is 28.9 Å². The van der Waals surface area contributed by atoms with Gasteiger partial charge in [-0.05, 0) is 38.5 Å². The minimum absolute atomic E-state index is 0.0922. The molecule has 0 saturated heterocycles. The van der Waals surface area contributed by atoms with Crippen molar-refractivity contribution in [3.63, 3.8) is 0 Å². The highest BCUT2D eigenvalue weighted by molar-refractivity contribution is 6.42. The number of carbonyl (C=O) groups excluding carboxylic acids is 1. The number of hydrogen-bond acceptors (Lipinski definition) is 3. The molecule has 2 aromatic carbocycles. The van der Waals surface area contributed by atoms with E-state index in [0.717, 1.165) is 0 Å². The molecule has 3 aromatic rings. The van der Waals surface area contributed by atoms with Crippen LogP contribution in [0.25, 0.3) is 22.4 Å². The van der Waals surface area contributed by atoms with E-state index in [9.17, 15) is 19.5 Å². The van der Waals surface area contributed by atoms with Gasteiger partial charge in [0.2, 0.25) is 5.43 Å². The SMILES string of the molecule is CCn1c(C)c(-c2ccc(C(C)=O)cc2)c(=O)c(C(=O)O)c1-c1ccc(Cl)c(Cl)c1. The Morgan fingerprint density at radius 1 is 1.00 bits per heavy atom. The van der Waals surface area contributed by atoms with Crippen LogP contribution in [0.2, 0.25) is 10.0 Å². The molecule has 154 valence electrons. The van der Waals surface area contributed by atoms with E-state index < -0.39 is 11.4 Å². The van der Waals surface area contributed by atoms with Gasteiger partial charge in [0.15, 0.2) is 5.78 Å². The van der Waals surface area contributed by atoms with Crippen LogP contribution in [0.4, 0.5) is 0 Å². The van der Waals surface area contributed by atoms with Gasteiger partial charge in [-0.25, -0.2) is 4.79 Å². The van der Waals surface area contributed by atoms with E-state index in [1.807, 2.05) is 6.92 Å². The topological polar surface area (TPSA) is 76.4 Å². The number of benzene rings is 2. The second-order valence-corrected chi connectivity index (χ2v) is 7.64. The Bertz CT molecular complexity index is 1230. The Balaban J connectivity index is 2.39. The van der Waals surface area contributed by atoms with Gasteiger partial charge in [0.25, 0.3) is 0 Å². The summed E-state index contributed by atoms with van der Waals surface area (Å²) >= 11 is 12.2. The molecule has 0 atom stereocenters. The molecule has 1 N–H and O–H groups in total. The van der Waals surface area contributed by atoms with E-state index in [-0.39, 0.29) is 27.6 Å². The lowest BCUT2D eigenvalue weighted by Gasteiger charge is -2.21. The summed E-state index contributed by atoms with van der Waals surface area (Å²) in [5, 5.41) is 10.5. The maximum absolute atomic E-state index is 13.3. The first-order valence-electron chi connectivity index (χ1n) is 9.24. The van der Waals surface area contributed by atoms with Crippen molar-refractivity contribution in [2.45, 2.75) is 27.3 Å². The predicted octanol–water partition coefficient (Wildman–Crippen LogP) is 5.72. The van der Waals surface area contributed by atoms with E-state index in [0.29, 0.717) is 34.0 Å². The Labute approximate surface area is 183 Å². The summed E-state index contributed by atoms with van der Waals surface area (Å²) in [6, 6.07) is 11.3. The van der Waals surface area contributed by atoms with Crippen molar-refractivity contribution < 1.29 is 14.7 Å². The number of hydrogen-bond donors (Lipinski definition) is 1. The molecule has 0 aliphatic carbocycles. The summed E-state index contributed by atoms with van der Waals surface area (Å²) in [6.45, 7) is 5.53. The third kappa shape index (κ3) is 3.78. The molecule has 0 fully saturated rings. The van der Waals surface area contributed by atoms with Crippen LogP contribution in [0.3, 0.4) is 0 Å². The number of carbonyl (C=O) groups is 2. The van der Waals surface area contributed by atoms with Crippen LogP contribution in [-0.4, -0.2) is 21.4 Å². The normalized spacial score (nSPS) is 10.8. The van der Waals surface area contributed by atoms with Crippen LogP contribution in [0.5, 0.6) is 0 Å². The number of Topliss-reactive ketones (excluding diaryl/α,β-unsaturated/α-hetero) is 1. The van der Waals surface area contributed by atoms with Gasteiger partial charge in [-0.3, -0.25) is 9.59 Å². The fourth-order valence-corrected chi connectivity index (χ4v) is 3.88. The third-order valence-corrected chi connectivity index (χ3v) is 5.77. The zero-order valence-corrected chi connectivity index (χ0v) is 18.1. The molecule has 0 saturated carbocycles. The second-order valence-electron chi connectivity index (χ2n) is 6.82. The standard InChI is InChI=1S/C23H19Cl2NO4/c1-4-26-12(2)19(15-7-5-14(6-8-15)13(3)27)22(28)20(23(29)30)21(26)16-9-10-17(24)18(25)11-16/h5-11H,4H2,1-3H3,(H,29,30). The van der Waals surface area contributed by atoms with Gasteiger partial charge in [-0.1, -0.05) is 53.5 Å². The Morgan fingerprint density at radius 2 is 1.60 bits per heavy atom. The van der Waals surface area contributed by atoms with Crippen LogP contribution in [0.1, 0.15) is 40.3 Å². The number of carboxylic acid groups (broad SMARTS) is 1. The van der Waals surface area contributed by atoms with Gasteiger partial charge in [-0.2, -0.15) is 0 Å². The van der Waals surface area contributed by atoms with Crippen molar-refractivity contribution in [1.82, 2.24) is 4.57 Å². The first-order chi connectivity index (χ1) is 14.2. The molecule has 0 bridgehead atoms. The molecule has 0 aliphatic heterocycles. The summed E-state index contributed by atoms with van der Waals surface area (Å²) in [7, 11) is 0. The predicted molar refractivity (Wildman–Crippen MR) is 119 cm³/mol. The molecule has 1 heterocycles. The molecule has 30 heavy (non-hydrogen) atoms. The fourth-order valence-electron chi connectivity index (χ4n) is 3.58. The van der Waals surface area contributed by atoms with E-state index in [4.69, 9.17) is 23.2 Å². The number of rotatable bonds is 5. The number of carboxylic acids is 1. The Morgan fingerprint density at radius 3 is 2.10 bits per heavy atom. The maximum atomic E-state index is 13.3. The molecule has 0 unspecified atom stereocenters. The highest BCUT2D eigenvalue weighted by Crippen LogP contribution is 2.33. The van der Waals surface area contributed by atoms with Crippen molar-refractivity contribution >= 4 is 35.0 Å². The van der Waals surface area contributed by atoms with Gasteiger partial charge in [-0.15, -0.1) is 0 Å². The zero-order valence-electron chi connectivity index (χ0n) is 16.6. The lowest BCUT2D eigenvalue weighted by Crippen LogP contribution is -2.25. The number of nitrogens with zero attached hydrogens (tertiary/aromatic N) is 1. The first kappa shape index (κ1) is 21.8. The summed E-state index contributed by atoms with van der Waals surface area (Å²) in [5.74, 6) is -1.42. The monoisotopic (exact) mass is 443 g/mol. The molecule has 1 aromatic heterocycles. The van der Waals surface area contributed by atoms with Crippen molar-refractivity contribution in [1.29, 1.82) is 0 Å². The van der Waals surface area contributed by atoms with Crippen LogP contribution in [0, 0.1) is 6.92 Å². The quantitative estimate of drug-likeness (QED) is 0.511. The molecule has 0 amide bonds. The zero-order chi connectivity index (χ0) is 22.2. The number of ketones is 1. The van der Waals surface area contributed by atoms with Crippen molar-refractivity contribution in [2.24, 2.45) is 0 Å². The van der Waals surface area contributed by atoms with Gasteiger partial charge >= 0.3 is 5.97 Å². The Hall–Kier alpha value is -2.89. The van der Waals surface area contributed by atoms with E-state index in [1.54, 1.807) is 54.0 Å². The van der Waals surface area contributed by atoms with Crippen molar-refractivity contribution in [3.8, 4) is 22.4 Å². The lowest BCUT2D eigenvalue weighted by molar-refractivity contribution is 0.0695. The maximum Gasteiger partial charge on any atom is 0.341 e. The Kier molecular flexibility index (Phi) is 6.15. The van der Waals surface area contributed by atoms with Gasteiger partial charge in [0.1, 0.15) is 5.56 Å². The third-order valence-electron chi connectivity index (χ3n) is 5.03. The van der Waals surface area contributed by atoms with Crippen LogP contribution in [0.15, 0.2) is 47.3 Å². The van der Waals surface area contributed by atoms with Crippen LogP contribution in [-0.2, 0) is 6.54 Å². The van der Waals surface area contributed by atoms with Crippen molar-refractivity contribution in [2.75, 3.05) is 0 Å². The highest BCUT2D eigenvalue weighted by Gasteiger charge is 2.25.